The first-order valence-electron chi connectivity index (χ1n) is 7.20. The van der Waals surface area contributed by atoms with Crippen LogP contribution < -0.4 is 10.1 Å². The van der Waals surface area contributed by atoms with Crippen LogP contribution in [0.2, 0.25) is 0 Å². The number of nitrogens with one attached hydrogen (secondary N) is 1. The maximum absolute atomic E-state index is 13.8. The standard InChI is InChI=1S/C16H22FN3O/c1-5-21-15-7-6-13(8-14(15)17)18-9-12-10-20(4)19-16(12)11(2)3/h6-8,10-11,18H,5,9H2,1-4H3. The third-order valence-electron chi connectivity index (χ3n) is 3.20. The summed E-state index contributed by atoms with van der Waals surface area (Å²) in [7, 11) is 1.91. The van der Waals surface area contributed by atoms with E-state index in [9.17, 15) is 4.39 Å². The maximum Gasteiger partial charge on any atom is 0.167 e. The van der Waals surface area contributed by atoms with Gasteiger partial charge < -0.3 is 10.1 Å². The Hall–Kier alpha value is -2.04. The number of benzene rings is 1. The van der Waals surface area contributed by atoms with E-state index >= 15 is 0 Å². The summed E-state index contributed by atoms with van der Waals surface area (Å²) in [4.78, 5) is 0. The molecule has 0 aliphatic carbocycles. The topological polar surface area (TPSA) is 39.1 Å². The Labute approximate surface area is 124 Å². The zero-order valence-electron chi connectivity index (χ0n) is 13.0. The summed E-state index contributed by atoms with van der Waals surface area (Å²) < 4.78 is 20.8. The van der Waals surface area contributed by atoms with E-state index in [0.717, 1.165) is 16.9 Å². The zero-order chi connectivity index (χ0) is 15.4. The molecule has 1 aromatic heterocycles. The lowest BCUT2D eigenvalue weighted by Crippen LogP contribution is -2.03. The number of ether oxygens (including phenoxy) is 1. The maximum atomic E-state index is 13.8. The molecule has 0 unspecified atom stereocenters. The average molecular weight is 291 g/mol. The van der Waals surface area contributed by atoms with Crippen LogP contribution in [0, 0.1) is 5.82 Å². The number of hydrogen-bond donors (Lipinski definition) is 1. The highest BCUT2D eigenvalue weighted by molar-refractivity contribution is 5.48. The Bertz CT molecular complexity index is 608. The van der Waals surface area contributed by atoms with E-state index in [1.807, 2.05) is 30.9 Å². The molecule has 1 heterocycles. The van der Waals surface area contributed by atoms with Gasteiger partial charge in [0.2, 0.25) is 0 Å². The monoisotopic (exact) mass is 291 g/mol. The molecular weight excluding hydrogens is 269 g/mol. The van der Waals surface area contributed by atoms with E-state index in [0.29, 0.717) is 19.1 Å². The van der Waals surface area contributed by atoms with Gasteiger partial charge >= 0.3 is 0 Å². The van der Waals surface area contributed by atoms with Gasteiger partial charge in [0.15, 0.2) is 11.6 Å². The highest BCUT2D eigenvalue weighted by Gasteiger charge is 2.11. The van der Waals surface area contributed by atoms with Crippen molar-refractivity contribution < 1.29 is 9.13 Å². The van der Waals surface area contributed by atoms with Gasteiger partial charge in [0, 0.05) is 37.1 Å². The van der Waals surface area contributed by atoms with Gasteiger partial charge in [-0.1, -0.05) is 13.8 Å². The van der Waals surface area contributed by atoms with Gasteiger partial charge in [0.1, 0.15) is 0 Å². The first-order valence-corrected chi connectivity index (χ1v) is 7.20. The molecule has 1 aromatic carbocycles. The molecule has 0 spiro atoms. The molecule has 0 amide bonds. The molecule has 0 saturated carbocycles. The summed E-state index contributed by atoms with van der Waals surface area (Å²) in [6, 6.07) is 4.92. The van der Waals surface area contributed by atoms with Gasteiger partial charge in [0.05, 0.1) is 12.3 Å². The van der Waals surface area contributed by atoms with Gasteiger partial charge in [-0.25, -0.2) is 4.39 Å². The minimum atomic E-state index is -0.350. The molecule has 0 fully saturated rings. The predicted octanol–water partition coefficient (Wildman–Crippen LogP) is 3.69. The molecule has 0 saturated heterocycles. The Morgan fingerprint density at radius 1 is 1.38 bits per heavy atom. The number of nitrogens with zero attached hydrogens (tertiary/aromatic N) is 2. The molecule has 1 N–H and O–H groups in total. The SMILES string of the molecule is CCOc1ccc(NCc2cn(C)nc2C(C)C)cc1F. The molecule has 21 heavy (non-hydrogen) atoms. The molecule has 0 aliphatic rings. The van der Waals surface area contributed by atoms with Crippen molar-refractivity contribution in [1.29, 1.82) is 0 Å². The first kappa shape index (κ1) is 15.4. The van der Waals surface area contributed by atoms with Crippen LogP contribution in [-0.4, -0.2) is 16.4 Å². The van der Waals surface area contributed by atoms with Crippen LogP contribution >= 0.6 is 0 Å². The largest absolute Gasteiger partial charge is 0.491 e. The highest BCUT2D eigenvalue weighted by Crippen LogP contribution is 2.23. The van der Waals surface area contributed by atoms with Crippen LogP contribution in [0.5, 0.6) is 5.75 Å². The van der Waals surface area contributed by atoms with Crippen LogP contribution in [-0.2, 0) is 13.6 Å². The molecule has 5 heteroatoms. The molecule has 0 atom stereocenters. The summed E-state index contributed by atoms with van der Waals surface area (Å²) >= 11 is 0. The molecule has 0 radical (unpaired) electrons. The minimum absolute atomic E-state index is 0.285. The lowest BCUT2D eigenvalue weighted by Gasteiger charge is -2.10. The highest BCUT2D eigenvalue weighted by atomic mass is 19.1. The molecule has 0 bridgehead atoms. The average Bonchev–Trinajstić information content (AvgIpc) is 2.81. The van der Waals surface area contributed by atoms with Crippen molar-refractivity contribution >= 4 is 5.69 Å². The molecule has 2 rings (SSSR count). The number of anilines is 1. The van der Waals surface area contributed by atoms with Crippen LogP contribution in [0.4, 0.5) is 10.1 Å². The summed E-state index contributed by atoms with van der Waals surface area (Å²) in [6.45, 7) is 7.14. The Morgan fingerprint density at radius 2 is 2.14 bits per heavy atom. The summed E-state index contributed by atoms with van der Waals surface area (Å²) in [5.41, 5.74) is 2.92. The van der Waals surface area contributed by atoms with Gasteiger partial charge in [-0.3, -0.25) is 4.68 Å². The van der Waals surface area contributed by atoms with Crippen molar-refractivity contribution in [2.24, 2.45) is 7.05 Å². The third kappa shape index (κ3) is 3.74. The molecule has 0 aliphatic heterocycles. The van der Waals surface area contributed by atoms with Crippen molar-refractivity contribution in [1.82, 2.24) is 9.78 Å². The van der Waals surface area contributed by atoms with Crippen molar-refractivity contribution in [2.45, 2.75) is 33.2 Å². The fraction of sp³-hybridized carbons (Fsp3) is 0.438. The van der Waals surface area contributed by atoms with E-state index in [-0.39, 0.29) is 11.6 Å². The number of halogens is 1. The van der Waals surface area contributed by atoms with Crippen molar-refractivity contribution in [3.05, 3.63) is 41.5 Å². The quantitative estimate of drug-likeness (QED) is 0.882. The Morgan fingerprint density at radius 3 is 2.76 bits per heavy atom. The van der Waals surface area contributed by atoms with E-state index in [4.69, 9.17) is 4.74 Å². The zero-order valence-corrected chi connectivity index (χ0v) is 13.0. The van der Waals surface area contributed by atoms with E-state index < -0.39 is 0 Å². The van der Waals surface area contributed by atoms with E-state index in [1.165, 1.54) is 6.07 Å². The third-order valence-corrected chi connectivity index (χ3v) is 3.20. The van der Waals surface area contributed by atoms with Gasteiger partial charge in [-0.2, -0.15) is 5.10 Å². The summed E-state index contributed by atoms with van der Waals surface area (Å²) in [5.74, 6) is 0.296. The molecule has 4 nitrogen and oxygen atoms in total. The van der Waals surface area contributed by atoms with Gasteiger partial charge in [-0.05, 0) is 25.0 Å². The minimum Gasteiger partial charge on any atom is -0.491 e. The fourth-order valence-electron chi connectivity index (χ4n) is 2.26. The Kier molecular flexibility index (Phi) is 4.83. The molecule has 114 valence electrons. The lowest BCUT2D eigenvalue weighted by molar-refractivity contribution is 0.321. The lowest BCUT2D eigenvalue weighted by atomic mass is 10.1. The van der Waals surface area contributed by atoms with Gasteiger partial charge in [0.25, 0.3) is 0 Å². The van der Waals surface area contributed by atoms with Crippen molar-refractivity contribution in [2.75, 3.05) is 11.9 Å². The summed E-state index contributed by atoms with van der Waals surface area (Å²) in [6.07, 6.45) is 1.99. The number of aryl methyl sites for hydroxylation is 1. The van der Waals surface area contributed by atoms with Crippen LogP contribution in [0.3, 0.4) is 0 Å². The summed E-state index contributed by atoms with van der Waals surface area (Å²) in [5, 5.41) is 7.69. The van der Waals surface area contributed by atoms with Gasteiger partial charge in [-0.15, -0.1) is 0 Å². The first-order chi connectivity index (χ1) is 10.0. The number of hydrogen-bond acceptors (Lipinski definition) is 3. The molecule has 2 aromatic rings. The van der Waals surface area contributed by atoms with Crippen molar-refractivity contribution in [3.8, 4) is 5.75 Å². The second-order valence-electron chi connectivity index (χ2n) is 5.30. The number of rotatable bonds is 6. The molecular formula is C16H22FN3O. The second kappa shape index (κ2) is 6.61. The van der Waals surface area contributed by atoms with Crippen molar-refractivity contribution in [3.63, 3.8) is 0 Å². The number of aromatic nitrogens is 2. The van der Waals surface area contributed by atoms with Crippen LogP contribution in [0.1, 0.15) is 37.9 Å². The Balaban J connectivity index is 2.08. The van der Waals surface area contributed by atoms with Crippen LogP contribution in [0.25, 0.3) is 0 Å². The second-order valence-corrected chi connectivity index (χ2v) is 5.30. The fourth-order valence-corrected chi connectivity index (χ4v) is 2.26. The predicted molar refractivity (Wildman–Crippen MR) is 82.2 cm³/mol. The van der Waals surface area contributed by atoms with E-state index in [2.05, 4.69) is 24.3 Å². The van der Waals surface area contributed by atoms with E-state index in [1.54, 1.807) is 6.07 Å². The normalized spacial score (nSPS) is 11.0. The smallest absolute Gasteiger partial charge is 0.167 e. The van der Waals surface area contributed by atoms with Crippen LogP contribution in [0.15, 0.2) is 24.4 Å².